The predicted octanol–water partition coefficient (Wildman–Crippen LogP) is 4.98. The Hall–Kier alpha value is -2.95. The molecule has 0 spiro atoms. The van der Waals surface area contributed by atoms with Gasteiger partial charge < -0.3 is 15.4 Å². The van der Waals surface area contributed by atoms with Gasteiger partial charge in [0.05, 0.1) is 35.2 Å². The highest BCUT2D eigenvalue weighted by Crippen LogP contribution is 2.27. The van der Waals surface area contributed by atoms with Crippen LogP contribution in [0.25, 0.3) is 10.2 Å². The lowest BCUT2D eigenvalue weighted by molar-refractivity contribution is -0.116. The molecule has 164 valence electrons. The van der Waals surface area contributed by atoms with Crippen molar-refractivity contribution in [1.29, 1.82) is 0 Å². The topological polar surface area (TPSA) is 93.2 Å². The van der Waals surface area contributed by atoms with Crippen molar-refractivity contribution < 1.29 is 14.3 Å². The van der Waals surface area contributed by atoms with Gasteiger partial charge in [-0.2, -0.15) is 0 Å². The Kier molecular flexibility index (Phi) is 7.03. The molecule has 0 atom stereocenters. The van der Waals surface area contributed by atoms with Crippen molar-refractivity contribution in [3.8, 4) is 5.75 Å². The molecule has 0 aliphatic rings. The van der Waals surface area contributed by atoms with E-state index in [1.807, 2.05) is 24.4 Å². The van der Waals surface area contributed by atoms with Crippen LogP contribution in [0.5, 0.6) is 5.75 Å². The number of aromatic nitrogens is 2. The van der Waals surface area contributed by atoms with Gasteiger partial charge in [0.15, 0.2) is 9.47 Å². The van der Waals surface area contributed by atoms with E-state index in [4.69, 9.17) is 4.74 Å². The summed E-state index contributed by atoms with van der Waals surface area (Å²) < 4.78 is 6.89. The number of fused-ring (bicyclic) bond motifs is 1. The molecule has 2 aromatic carbocycles. The molecule has 7 nitrogen and oxygen atoms in total. The van der Waals surface area contributed by atoms with Gasteiger partial charge in [-0.05, 0) is 48.9 Å². The van der Waals surface area contributed by atoms with E-state index in [1.165, 1.54) is 34.4 Å². The molecule has 0 saturated carbocycles. The number of hydrogen-bond donors (Lipinski definition) is 2. The van der Waals surface area contributed by atoms with Crippen molar-refractivity contribution in [3.63, 3.8) is 0 Å². The zero-order valence-corrected chi connectivity index (χ0v) is 19.8. The number of benzene rings is 2. The van der Waals surface area contributed by atoms with Crippen molar-refractivity contribution in [2.24, 2.45) is 0 Å². The summed E-state index contributed by atoms with van der Waals surface area (Å²) in [5.74, 6) is 0.673. The number of methoxy groups -OCH3 is 1. The Bertz CT molecular complexity index is 1250. The first-order chi connectivity index (χ1) is 15.5. The van der Waals surface area contributed by atoms with Crippen molar-refractivity contribution in [2.45, 2.75) is 17.7 Å². The summed E-state index contributed by atoms with van der Waals surface area (Å²) >= 11 is 4.21. The summed E-state index contributed by atoms with van der Waals surface area (Å²) in [5, 5.41) is 8.10. The van der Waals surface area contributed by atoms with E-state index in [0.717, 1.165) is 25.9 Å². The fraction of sp³-hybridized carbons (Fsp3) is 0.182. The second-order valence-electron chi connectivity index (χ2n) is 6.89. The standard InChI is InChI=1S/C22H20N4O3S3/c1-13-3-8-17-18(9-13)32-21(25-17)26-19(27)10-15-11-30-22(24-15)31-12-20(28)23-14-4-6-16(29-2)7-5-14/h3-9,11H,10,12H2,1-2H3,(H,23,28)(H,25,26,27). The molecule has 4 aromatic rings. The number of anilines is 2. The molecule has 0 radical (unpaired) electrons. The zero-order valence-electron chi connectivity index (χ0n) is 17.4. The van der Waals surface area contributed by atoms with Gasteiger partial charge in [-0.25, -0.2) is 9.97 Å². The maximum Gasteiger partial charge on any atom is 0.234 e. The minimum Gasteiger partial charge on any atom is -0.497 e. The number of nitrogens with one attached hydrogen (secondary N) is 2. The number of carbonyl (C=O) groups excluding carboxylic acids is 2. The molecular weight excluding hydrogens is 464 g/mol. The molecule has 2 amide bonds. The summed E-state index contributed by atoms with van der Waals surface area (Å²) in [6.07, 6.45) is 0.157. The maximum atomic E-state index is 12.4. The monoisotopic (exact) mass is 484 g/mol. The number of amides is 2. The summed E-state index contributed by atoms with van der Waals surface area (Å²) in [7, 11) is 1.60. The summed E-state index contributed by atoms with van der Waals surface area (Å²) in [6.45, 7) is 2.03. The highest BCUT2D eigenvalue weighted by Gasteiger charge is 2.12. The maximum absolute atomic E-state index is 12.4. The largest absolute Gasteiger partial charge is 0.497 e. The molecule has 2 N–H and O–H groups in total. The lowest BCUT2D eigenvalue weighted by Crippen LogP contribution is -2.14. The Balaban J connectivity index is 1.26. The van der Waals surface area contributed by atoms with E-state index < -0.39 is 0 Å². The lowest BCUT2D eigenvalue weighted by atomic mass is 10.2. The number of carbonyl (C=O) groups is 2. The van der Waals surface area contributed by atoms with Crippen LogP contribution >= 0.6 is 34.4 Å². The normalized spacial score (nSPS) is 10.8. The number of thiazole rings is 2. The van der Waals surface area contributed by atoms with Gasteiger partial charge in [-0.15, -0.1) is 11.3 Å². The van der Waals surface area contributed by atoms with Gasteiger partial charge in [-0.3, -0.25) is 9.59 Å². The zero-order chi connectivity index (χ0) is 22.5. The van der Waals surface area contributed by atoms with Gasteiger partial charge in [0.2, 0.25) is 11.8 Å². The van der Waals surface area contributed by atoms with Crippen LogP contribution in [0.4, 0.5) is 10.8 Å². The van der Waals surface area contributed by atoms with E-state index in [2.05, 4.69) is 26.7 Å². The molecule has 2 heterocycles. The molecule has 10 heteroatoms. The molecule has 0 bridgehead atoms. The van der Waals surface area contributed by atoms with Crippen LogP contribution in [-0.2, 0) is 16.0 Å². The number of nitrogens with zero attached hydrogens (tertiary/aromatic N) is 2. The minimum atomic E-state index is -0.167. The van der Waals surface area contributed by atoms with Gasteiger partial charge in [0.25, 0.3) is 0 Å². The number of thioether (sulfide) groups is 1. The van der Waals surface area contributed by atoms with Crippen molar-refractivity contribution in [1.82, 2.24) is 9.97 Å². The highest BCUT2D eigenvalue weighted by molar-refractivity contribution is 8.01. The fourth-order valence-corrected chi connectivity index (χ4v) is 5.47. The number of hydrogen-bond acceptors (Lipinski definition) is 8. The molecule has 0 aliphatic carbocycles. The first-order valence-corrected chi connectivity index (χ1v) is 12.3. The number of aryl methyl sites for hydroxylation is 1. The van der Waals surface area contributed by atoms with Gasteiger partial charge >= 0.3 is 0 Å². The van der Waals surface area contributed by atoms with E-state index >= 15 is 0 Å². The van der Waals surface area contributed by atoms with Crippen LogP contribution in [-0.4, -0.2) is 34.6 Å². The fourth-order valence-electron chi connectivity index (χ4n) is 2.85. The molecule has 2 aromatic heterocycles. The first-order valence-electron chi connectivity index (χ1n) is 9.66. The third-order valence-electron chi connectivity index (χ3n) is 4.36. The highest BCUT2D eigenvalue weighted by atomic mass is 32.2. The number of rotatable bonds is 8. The smallest absolute Gasteiger partial charge is 0.234 e. The molecule has 32 heavy (non-hydrogen) atoms. The molecule has 0 unspecified atom stereocenters. The molecular formula is C22H20N4O3S3. The van der Waals surface area contributed by atoms with E-state index in [9.17, 15) is 9.59 Å². The van der Waals surface area contributed by atoms with Crippen molar-refractivity contribution in [3.05, 3.63) is 59.1 Å². The average Bonchev–Trinajstić information content (AvgIpc) is 3.38. The van der Waals surface area contributed by atoms with Gasteiger partial charge in [-0.1, -0.05) is 29.2 Å². The van der Waals surface area contributed by atoms with Crippen molar-refractivity contribution >= 4 is 67.3 Å². The van der Waals surface area contributed by atoms with Gasteiger partial charge in [0.1, 0.15) is 5.75 Å². The van der Waals surface area contributed by atoms with Crippen LogP contribution in [0.3, 0.4) is 0 Å². The summed E-state index contributed by atoms with van der Waals surface area (Å²) in [5.41, 5.74) is 3.40. The summed E-state index contributed by atoms with van der Waals surface area (Å²) in [6, 6.07) is 13.1. The van der Waals surface area contributed by atoms with Crippen LogP contribution in [0, 0.1) is 6.92 Å². The number of ether oxygens (including phenoxy) is 1. The van der Waals surface area contributed by atoms with Crippen LogP contribution in [0.15, 0.2) is 52.2 Å². The van der Waals surface area contributed by atoms with E-state index in [-0.39, 0.29) is 24.0 Å². The molecule has 0 fully saturated rings. The summed E-state index contributed by atoms with van der Waals surface area (Å²) in [4.78, 5) is 33.5. The van der Waals surface area contributed by atoms with E-state index in [0.29, 0.717) is 16.5 Å². The Morgan fingerprint density at radius 3 is 2.66 bits per heavy atom. The third-order valence-corrected chi connectivity index (χ3v) is 7.37. The van der Waals surface area contributed by atoms with E-state index in [1.54, 1.807) is 31.4 Å². The molecule has 0 aliphatic heterocycles. The van der Waals surface area contributed by atoms with Gasteiger partial charge in [0, 0.05) is 11.1 Å². The Labute approximate surface area is 197 Å². The molecule has 0 saturated heterocycles. The SMILES string of the molecule is COc1ccc(NC(=O)CSc2nc(CC(=O)Nc3nc4ccc(C)cc4s3)cs2)cc1. The Morgan fingerprint density at radius 2 is 1.88 bits per heavy atom. The van der Waals surface area contributed by atoms with Crippen molar-refractivity contribution in [2.75, 3.05) is 23.5 Å². The van der Waals surface area contributed by atoms with Crippen LogP contribution in [0.2, 0.25) is 0 Å². The Morgan fingerprint density at radius 1 is 1.06 bits per heavy atom. The third kappa shape index (κ3) is 5.84. The lowest BCUT2D eigenvalue weighted by Gasteiger charge is -2.05. The van der Waals surface area contributed by atoms with Crippen LogP contribution in [0.1, 0.15) is 11.3 Å². The second-order valence-corrected chi connectivity index (χ2v) is 10.00. The predicted molar refractivity (Wildman–Crippen MR) is 131 cm³/mol. The quantitative estimate of drug-likeness (QED) is 0.343. The average molecular weight is 485 g/mol. The first kappa shape index (κ1) is 22.3. The second kappa shape index (κ2) is 10.1. The minimum absolute atomic E-state index is 0.124. The van der Waals surface area contributed by atoms with Crippen LogP contribution < -0.4 is 15.4 Å². The molecule has 4 rings (SSSR count).